The summed E-state index contributed by atoms with van der Waals surface area (Å²) < 4.78 is 1.88. The van der Waals surface area contributed by atoms with E-state index in [9.17, 15) is 4.79 Å². The fourth-order valence-corrected chi connectivity index (χ4v) is 4.24. The fourth-order valence-electron chi connectivity index (χ4n) is 4.24. The molecule has 1 N–H and O–H groups in total. The minimum Gasteiger partial charge on any atom is -0.338 e. The lowest BCUT2D eigenvalue weighted by Crippen LogP contribution is -2.44. The van der Waals surface area contributed by atoms with Gasteiger partial charge in [0.25, 0.3) is 5.91 Å². The van der Waals surface area contributed by atoms with E-state index in [1.165, 1.54) is 6.42 Å². The lowest BCUT2D eigenvalue weighted by molar-refractivity contribution is 0.0607. The maximum Gasteiger partial charge on any atom is 0.257 e. The predicted molar refractivity (Wildman–Crippen MR) is 105 cm³/mol. The van der Waals surface area contributed by atoms with Gasteiger partial charge >= 0.3 is 0 Å². The zero-order valence-corrected chi connectivity index (χ0v) is 16.3. The number of nitrogens with one attached hydrogen (secondary N) is 1. The summed E-state index contributed by atoms with van der Waals surface area (Å²) in [5.41, 5.74) is 4.26. The van der Waals surface area contributed by atoms with Gasteiger partial charge < -0.3 is 10.2 Å². The van der Waals surface area contributed by atoms with Crippen LogP contribution in [0, 0.1) is 19.3 Å². The van der Waals surface area contributed by atoms with Crippen molar-refractivity contribution < 1.29 is 4.79 Å². The van der Waals surface area contributed by atoms with E-state index in [-0.39, 0.29) is 18.3 Å². The maximum absolute atomic E-state index is 13.0. The summed E-state index contributed by atoms with van der Waals surface area (Å²) in [4.78, 5) is 15.0. The van der Waals surface area contributed by atoms with E-state index in [2.05, 4.69) is 23.4 Å². The summed E-state index contributed by atoms with van der Waals surface area (Å²) in [6.45, 7) is 8.00. The van der Waals surface area contributed by atoms with E-state index < -0.39 is 0 Å². The number of nitrogens with zero attached hydrogens (tertiary/aromatic N) is 3. The number of likely N-dealkylation sites (tertiary alicyclic amines) is 1. The molecule has 5 nitrogen and oxygen atoms in total. The molecule has 2 aliphatic heterocycles. The molecule has 140 valence electrons. The highest BCUT2D eigenvalue weighted by Gasteiger charge is 2.38. The van der Waals surface area contributed by atoms with Crippen molar-refractivity contribution in [2.45, 2.75) is 33.1 Å². The number of carbonyl (C=O) groups is 1. The lowest BCUT2D eigenvalue weighted by atomic mass is 9.78. The van der Waals surface area contributed by atoms with Crippen molar-refractivity contribution in [3.63, 3.8) is 0 Å². The Balaban J connectivity index is 0.00000196. The molecule has 2 aliphatic rings. The molecule has 0 atom stereocenters. The van der Waals surface area contributed by atoms with Crippen LogP contribution in [-0.2, 0) is 0 Å². The molecule has 0 bridgehead atoms. The average Bonchev–Trinajstić information content (AvgIpc) is 3.23. The van der Waals surface area contributed by atoms with Gasteiger partial charge in [0.2, 0.25) is 0 Å². The molecule has 26 heavy (non-hydrogen) atoms. The molecule has 0 radical (unpaired) electrons. The van der Waals surface area contributed by atoms with Crippen LogP contribution in [0.5, 0.6) is 0 Å². The molecule has 2 aromatic rings. The minimum absolute atomic E-state index is 0. The quantitative estimate of drug-likeness (QED) is 0.878. The van der Waals surface area contributed by atoms with Gasteiger partial charge in [0.05, 0.1) is 23.1 Å². The molecule has 0 unspecified atom stereocenters. The largest absolute Gasteiger partial charge is 0.338 e. The highest BCUT2D eigenvalue weighted by atomic mass is 35.5. The zero-order chi connectivity index (χ0) is 17.4. The van der Waals surface area contributed by atoms with Gasteiger partial charge in [-0.3, -0.25) is 4.79 Å². The van der Waals surface area contributed by atoms with Crippen LogP contribution in [0.2, 0.25) is 0 Å². The van der Waals surface area contributed by atoms with Crippen molar-refractivity contribution in [1.29, 1.82) is 0 Å². The molecule has 1 amide bonds. The van der Waals surface area contributed by atoms with Gasteiger partial charge in [-0.1, -0.05) is 18.2 Å². The Hall–Kier alpha value is -1.85. The van der Waals surface area contributed by atoms with Crippen molar-refractivity contribution in [3.05, 3.63) is 47.3 Å². The SMILES string of the molecule is Cc1ccccc1-n1ncc(C(=O)N2CCC3(CCNC3)CC2)c1C.Cl. The van der Waals surface area contributed by atoms with Gasteiger partial charge in [-0.05, 0) is 56.7 Å². The second-order valence-electron chi connectivity index (χ2n) is 7.56. The summed E-state index contributed by atoms with van der Waals surface area (Å²) in [6.07, 6.45) is 5.19. The highest BCUT2D eigenvalue weighted by Crippen LogP contribution is 2.37. The third-order valence-electron chi connectivity index (χ3n) is 6.03. The topological polar surface area (TPSA) is 50.2 Å². The van der Waals surface area contributed by atoms with Gasteiger partial charge in [-0.25, -0.2) is 4.68 Å². The van der Waals surface area contributed by atoms with Gasteiger partial charge in [0, 0.05) is 19.6 Å². The van der Waals surface area contributed by atoms with Gasteiger partial charge in [-0.2, -0.15) is 5.10 Å². The first-order valence-electron chi connectivity index (χ1n) is 9.20. The Kier molecular flexibility index (Phi) is 5.39. The van der Waals surface area contributed by atoms with Crippen molar-refractivity contribution in [2.75, 3.05) is 26.2 Å². The van der Waals surface area contributed by atoms with Crippen LogP contribution in [0.4, 0.5) is 0 Å². The summed E-state index contributed by atoms with van der Waals surface area (Å²) in [5, 5.41) is 7.97. The summed E-state index contributed by atoms with van der Waals surface area (Å²) in [7, 11) is 0. The van der Waals surface area contributed by atoms with Crippen LogP contribution in [0.3, 0.4) is 0 Å². The number of amides is 1. The number of piperidine rings is 1. The van der Waals surface area contributed by atoms with Crippen LogP contribution in [0.25, 0.3) is 5.69 Å². The second-order valence-corrected chi connectivity index (χ2v) is 7.56. The number of aromatic nitrogens is 2. The molecule has 3 heterocycles. The van der Waals surface area contributed by atoms with E-state index in [1.807, 2.05) is 34.7 Å². The Labute approximate surface area is 161 Å². The first-order chi connectivity index (χ1) is 12.1. The Bertz CT molecular complexity index is 785. The number of benzene rings is 1. The standard InChI is InChI=1S/C20H26N4O.ClH/c1-15-5-3-4-6-18(15)24-16(2)17(13-22-24)19(25)23-11-8-20(9-12-23)7-10-21-14-20;/h3-6,13,21H,7-12,14H2,1-2H3;1H. The molecule has 0 aliphatic carbocycles. The smallest absolute Gasteiger partial charge is 0.257 e. The first kappa shape index (κ1) is 18.9. The zero-order valence-electron chi connectivity index (χ0n) is 15.5. The molecular formula is C20H27ClN4O. The van der Waals surface area contributed by atoms with Crippen molar-refractivity contribution in [1.82, 2.24) is 20.0 Å². The molecule has 0 saturated carbocycles. The highest BCUT2D eigenvalue weighted by molar-refractivity contribution is 5.95. The Morgan fingerprint density at radius 1 is 1.15 bits per heavy atom. The third kappa shape index (κ3) is 3.26. The molecule has 6 heteroatoms. The van der Waals surface area contributed by atoms with E-state index in [0.717, 1.165) is 61.5 Å². The van der Waals surface area contributed by atoms with Crippen LogP contribution >= 0.6 is 12.4 Å². The van der Waals surface area contributed by atoms with E-state index in [4.69, 9.17) is 0 Å². The summed E-state index contributed by atoms with van der Waals surface area (Å²) in [6, 6.07) is 8.13. The Morgan fingerprint density at radius 2 is 1.88 bits per heavy atom. The number of rotatable bonds is 2. The number of aryl methyl sites for hydroxylation is 1. The molecule has 1 spiro atoms. The number of carbonyl (C=O) groups excluding carboxylic acids is 1. The van der Waals surface area contributed by atoms with Crippen LogP contribution < -0.4 is 5.32 Å². The van der Waals surface area contributed by atoms with Crippen molar-refractivity contribution in [2.24, 2.45) is 5.41 Å². The van der Waals surface area contributed by atoms with Crippen LogP contribution in [0.15, 0.2) is 30.5 Å². The van der Waals surface area contributed by atoms with Gasteiger partial charge in [0.15, 0.2) is 0 Å². The molecule has 2 fully saturated rings. The number of halogens is 1. The number of hydrogen-bond donors (Lipinski definition) is 1. The normalized spacial score (nSPS) is 18.8. The van der Waals surface area contributed by atoms with E-state index in [0.29, 0.717) is 5.41 Å². The van der Waals surface area contributed by atoms with Crippen LogP contribution in [-0.4, -0.2) is 46.8 Å². The average molecular weight is 375 g/mol. The third-order valence-corrected chi connectivity index (χ3v) is 6.03. The van der Waals surface area contributed by atoms with E-state index in [1.54, 1.807) is 6.20 Å². The first-order valence-corrected chi connectivity index (χ1v) is 9.20. The maximum atomic E-state index is 13.0. The second kappa shape index (κ2) is 7.41. The van der Waals surface area contributed by atoms with Crippen LogP contribution in [0.1, 0.15) is 40.9 Å². The Morgan fingerprint density at radius 3 is 2.54 bits per heavy atom. The van der Waals surface area contributed by atoms with Crippen molar-refractivity contribution >= 4 is 18.3 Å². The molecule has 1 aromatic heterocycles. The number of para-hydroxylation sites is 1. The minimum atomic E-state index is 0. The number of hydrogen-bond acceptors (Lipinski definition) is 3. The monoisotopic (exact) mass is 374 g/mol. The summed E-state index contributed by atoms with van der Waals surface area (Å²) >= 11 is 0. The van der Waals surface area contributed by atoms with Crippen molar-refractivity contribution in [3.8, 4) is 5.69 Å². The molecule has 4 rings (SSSR count). The fraction of sp³-hybridized carbons (Fsp3) is 0.500. The van der Waals surface area contributed by atoms with Gasteiger partial charge in [0.1, 0.15) is 0 Å². The molecule has 2 saturated heterocycles. The predicted octanol–water partition coefficient (Wildman–Crippen LogP) is 3.13. The van der Waals surface area contributed by atoms with E-state index >= 15 is 0 Å². The summed E-state index contributed by atoms with van der Waals surface area (Å²) in [5.74, 6) is 0.123. The van der Waals surface area contributed by atoms with Gasteiger partial charge in [-0.15, -0.1) is 12.4 Å². The lowest BCUT2D eigenvalue weighted by Gasteiger charge is -2.38. The molecular weight excluding hydrogens is 348 g/mol. The molecule has 1 aromatic carbocycles.